The van der Waals surface area contributed by atoms with Gasteiger partial charge < -0.3 is 14.2 Å². The maximum Gasteiger partial charge on any atom is 0.243 e. The van der Waals surface area contributed by atoms with Crippen LogP contribution >= 0.6 is 0 Å². The molecule has 7 heteroatoms. The SMILES string of the molecule is COc1cc2c(cc1OC)CN(S(=O)(=O)c1ccc(OC(C)C)cc1)CC2. The molecule has 0 atom stereocenters. The first-order valence-electron chi connectivity index (χ1n) is 8.85. The third-order valence-corrected chi connectivity index (χ3v) is 6.38. The Bertz CT molecular complexity index is 907. The van der Waals surface area contributed by atoms with Crippen molar-refractivity contribution in [1.82, 2.24) is 4.31 Å². The predicted molar refractivity (Wildman–Crippen MR) is 103 cm³/mol. The first-order valence-corrected chi connectivity index (χ1v) is 10.3. The quantitative estimate of drug-likeness (QED) is 0.756. The van der Waals surface area contributed by atoms with E-state index in [0.29, 0.717) is 36.8 Å². The molecule has 3 rings (SSSR count). The van der Waals surface area contributed by atoms with Gasteiger partial charge in [-0.1, -0.05) is 0 Å². The second-order valence-corrected chi connectivity index (χ2v) is 8.64. The molecule has 0 saturated heterocycles. The highest BCUT2D eigenvalue weighted by molar-refractivity contribution is 7.89. The molecular formula is C20H25NO5S. The van der Waals surface area contributed by atoms with E-state index in [1.54, 1.807) is 38.5 Å². The van der Waals surface area contributed by atoms with Crippen molar-refractivity contribution in [3.8, 4) is 17.2 Å². The van der Waals surface area contributed by atoms with E-state index in [9.17, 15) is 8.42 Å². The standard InChI is InChI=1S/C20H25NO5S/c1-14(2)26-17-5-7-18(8-6-17)27(22,23)21-10-9-15-11-19(24-3)20(25-4)12-16(15)13-21/h5-8,11-12,14H,9-10,13H2,1-4H3. The first kappa shape index (κ1) is 19.5. The van der Waals surface area contributed by atoms with Crippen LogP contribution < -0.4 is 14.2 Å². The molecule has 0 bridgehead atoms. The Morgan fingerprint density at radius 1 is 0.963 bits per heavy atom. The molecule has 2 aromatic carbocycles. The summed E-state index contributed by atoms with van der Waals surface area (Å²) < 4.78 is 43.8. The topological polar surface area (TPSA) is 65.1 Å². The minimum atomic E-state index is -3.58. The highest BCUT2D eigenvalue weighted by atomic mass is 32.2. The van der Waals surface area contributed by atoms with Crippen molar-refractivity contribution in [1.29, 1.82) is 0 Å². The maximum absolute atomic E-state index is 13.0. The van der Waals surface area contributed by atoms with Crippen molar-refractivity contribution in [3.63, 3.8) is 0 Å². The van der Waals surface area contributed by atoms with Crippen molar-refractivity contribution in [3.05, 3.63) is 47.5 Å². The highest BCUT2D eigenvalue weighted by Gasteiger charge is 2.29. The zero-order valence-electron chi connectivity index (χ0n) is 16.1. The highest BCUT2D eigenvalue weighted by Crippen LogP contribution is 2.34. The van der Waals surface area contributed by atoms with E-state index < -0.39 is 10.0 Å². The molecule has 146 valence electrons. The lowest BCUT2D eigenvalue weighted by Crippen LogP contribution is -2.36. The monoisotopic (exact) mass is 391 g/mol. The van der Waals surface area contributed by atoms with Gasteiger partial charge in [-0.05, 0) is 67.8 Å². The summed E-state index contributed by atoms with van der Waals surface area (Å²) in [7, 11) is -0.414. The Kier molecular flexibility index (Phi) is 5.62. The van der Waals surface area contributed by atoms with Gasteiger partial charge in [0.05, 0.1) is 25.2 Å². The second-order valence-electron chi connectivity index (χ2n) is 6.70. The number of benzene rings is 2. The Labute approximate surface area is 160 Å². The summed E-state index contributed by atoms with van der Waals surface area (Å²) in [5.74, 6) is 1.92. The lowest BCUT2D eigenvalue weighted by molar-refractivity contribution is 0.242. The van der Waals surface area contributed by atoms with Gasteiger partial charge in [-0.3, -0.25) is 0 Å². The molecule has 0 fully saturated rings. The molecular weight excluding hydrogens is 366 g/mol. The molecule has 1 aliphatic heterocycles. The van der Waals surface area contributed by atoms with Crippen LogP contribution in [0.15, 0.2) is 41.3 Å². The van der Waals surface area contributed by atoms with E-state index in [1.807, 2.05) is 26.0 Å². The zero-order chi connectivity index (χ0) is 19.6. The van der Waals surface area contributed by atoms with Crippen LogP contribution in [0.25, 0.3) is 0 Å². The summed E-state index contributed by atoms with van der Waals surface area (Å²) >= 11 is 0. The van der Waals surface area contributed by atoms with E-state index in [2.05, 4.69) is 0 Å². The van der Waals surface area contributed by atoms with Gasteiger partial charge in [0.2, 0.25) is 10.0 Å². The molecule has 1 heterocycles. The van der Waals surface area contributed by atoms with Gasteiger partial charge in [-0.15, -0.1) is 0 Å². The van der Waals surface area contributed by atoms with Gasteiger partial charge in [-0.2, -0.15) is 4.31 Å². The minimum absolute atomic E-state index is 0.0398. The summed E-state index contributed by atoms with van der Waals surface area (Å²) in [6, 6.07) is 10.4. The van der Waals surface area contributed by atoms with E-state index >= 15 is 0 Å². The number of hydrogen-bond acceptors (Lipinski definition) is 5. The van der Waals surface area contributed by atoms with Crippen LogP contribution in [-0.4, -0.2) is 39.6 Å². The maximum atomic E-state index is 13.0. The number of nitrogens with zero attached hydrogens (tertiary/aromatic N) is 1. The number of rotatable bonds is 6. The fourth-order valence-corrected chi connectivity index (χ4v) is 4.59. The van der Waals surface area contributed by atoms with Gasteiger partial charge in [0.1, 0.15) is 5.75 Å². The van der Waals surface area contributed by atoms with Gasteiger partial charge in [0.25, 0.3) is 0 Å². The number of ether oxygens (including phenoxy) is 3. The number of hydrogen-bond donors (Lipinski definition) is 0. The molecule has 0 aromatic heterocycles. The predicted octanol–water partition coefficient (Wildman–Crippen LogP) is 3.24. The lowest BCUT2D eigenvalue weighted by atomic mass is 10.0. The number of methoxy groups -OCH3 is 2. The molecule has 0 saturated carbocycles. The van der Waals surface area contributed by atoms with Crippen molar-refractivity contribution >= 4 is 10.0 Å². The largest absolute Gasteiger partial charge is 0.493 e. The lowest BCUT2D eigenvalue weighted by Gasteiger charge is -2.29. The first-order chi connectivity index (χ1) is 12.8. The fraction of sp³-hybridized carbons (Fsp3) is 0.400. The minimum Gasteiger partial charge on any atom is -0.493 e. The third kappa shape index (κ3) is 4.04. The molecule has 0 unspecified atom stereocenters. The molecule has 0 amide bonds. The van der Waals surface area contributed by atoms with Crippen LogP contribution in [0.4, 0.5) is 0 Å². The van der Waals surface area contributed by atoms with E-state index in [1.165, 1.54) is 4.31 Å². The normalized spacial score (nSPS) is 14.7. The van der Waals surface area contributed by atoms with E-state index in [-0.39, 0.29) is 11.0 Å². The molecule has 0 N–H and O–H groups in total. The average molecular weight is 391 g/mol. The Balaban J connectivity index is 1.85. The zero-order valence-corrected chi connectivity index (χ0v) is 16.9. The Morgan fingerprint density at radius 3 is 2.11 bits per heavy atom. The van der Waals surface area contributed by atoms with Gasteiger partial charge >= 0.3 is 0 Å². The van der Waals surface area contributed by atoms with Crippen molar-refractivity contribution in [2.45, 2.75) is 37.8 Å². The van der Waals surface area contributed by atoms with Crippen LogP contribution in [0, 0.1) is 0 Å². The van der Waals surface area contributed by atoms with Crippen molar-refractivity contribution in [2.75, 3.05) is 20.8 Å². The van der Waals surface area contributed by atoms with Crippen LogP contribution in [0.5, 0.6) is 17.2 Å². The van der Waals surface area contributed by atoms with Crippen LogP contribution in [-0.2, 0) is 23.0 Å². The van der Waals surface area contributed by atoms with E-state index in [0.717, 1.165) is 11.1 Å². The fourth-order valence-electron chi connectivity index (χ4n) is 3.17. The van der Waals surface area contributed by atoms with Gasteiger partial charge in [-0.25, -0.2) is 8.42 Å². The average Bonchev–Trinajstić information content (AvgIpc) is 2.66. The summed E-state index contributed by atoms with van der Waals surface area (Å²) in [5.41, 5.74) is 2.02. The van der Waals surface area contributed by atoms with Crippen LogP contribution in [0.3, 0.4) is 0 Å². The van der Waals surface area contributed by atoms with Crippen LogP contribution in [0.2, 0.25) is 0 Å². The Morgan fingerprint density at radius 2 is 1.56 bits per heavy atom. The molecule has 1 aliphatic rings. The smallest absolute Gasteiger partial charge is 0.243 e. The Hall–Kier alpha value is -2.25. The summed E-state index contributed by atoms with van der Waals surface area (Å²) in [6.07, 6.45) is 0.668. The summed E-state index contributed by atoms with van der Waals surface area (Å²) in [5, 5.41) is 0. The molecule has 2 aromatic rings. The molecule has 6 nitrogen and oxygen atoms in total. The number of sulfonamides is 1. The molecule has 0 aliphatic carbocycles. The number of fused-ring (bicyclic) bond motifs is 1. The van der Waals surface area contributed by atoms with E-state index in [4.69, 9.17) is 14.2 Å². The molecule has 0 spiro atoms. The second kappa shape index (κ2) is 7.78. The van der Waals surface area contributed by atoms with Crippen molar-refractivity contribution in [2.24, 2.45) is 0 Å². The summed E-state index contributed by atoms with van der Waals surface area (Å²) in [6.45, 7) is 4.59. The van der Waals surface area contributed by atoms with Crippen LogP contribution in [0.1, 0.15) is 25.0 Å². The van der Waals surface area contributed by atoms with Gasteiger partial charge in [0.15, 0.2) is 11.5 Å². The molecule has 0 radical (unpaired) electrons. The third-order valence-electron chi connectivity index (χ3n) is 4.52. The summed E-state index contributed by atoms with van der Waals surface area (Å²) in [4.78, 5) is 0.266. The van der Waals surface area contributed by atoms with Gasteiger partial charge in [0, 0.05) is 13.1 Å². The van der Waals surface area contributed by atoms with Crippen molar-refractivity contribution < 1.29 is 22.6 Å². The molecule has 27 heavy (non-hydrogen) atoms.